The van der Waals surface area contributed by atoms with Crippen LogP contribution in [0, 0.1) is 4.77 Å². The Morgan fingerprint density at radius 2 is 2.35 bits per heavy atom. The van der Waals surface area contributed by atoms with Crippen LogP contribution >= 0.6 is 24.0 Å². The van der Waals surface area contributed by atoms with Gasteiger partial charge in [-0.15, -0.1) is 0 Å². The van der Waals surface area contributed by atoms with Crippen molar-refractivity contribution < 1.29 is 14.4 Å². The lowest BCUT2D eigenvalue weighted by Gasteiger charge is -2.00. The van der Waals surface area contributed by atoms with Crippen molar-refractivity contribution in [1.29, 1.82) is 0 Å². The third-order valence-electron chi connectivity index (χ3n) is 1.69. The molecule has 0 saturated carbocycles. The van der Waals surface area contributed by atoms with Crippen LogP contribution in [0.5, 0.6) is 0 Å². The maximum Gasteiger partial charge on any atom is 0.290 e. The van der Waals surface area contributed by atoms with E-state index in [2.05, 4.69) is 15.6 Å². The largest absolute Gasteiger partial charge is 0.290 e. The van der Waals surface area contributed by atoms with Crippen molar-refractivity contribution in [3.05, 3.63) is 22.1 Å². The van der Waals surface area contributed by atoms with Crippen molar-refractivity contribution in [3.63, 3.8) is 0 Å². The van der Waals surface area contributed by atoms with Crippen LogP contribution < -0.4 is 10.7 Å². The van der Waals surface area contributed by atoms with Gasteiger partial charge in [-0.2, -0.15) is 5.10 Å². The summed E-state index contributed by atoms with van der Waals surface area (Å²) in [6, 6.07) is 0. The molecule has 0 spiro atoms. The van der Waals surface area contributed by atoms with Gasteiger partial charge in [-0.3, -0.25) is 30.2 Å². The maximum atomic E-state index is 11.5. The third kappa shape index (κ3) is 2.60. The number of imide groups is 1. The lowest BCUT2D eigenvalue weighted by molar-refractivity contribution is -0.116. The molecule has 8 nitrogen and oxygen atoms in total. The molecule has 0 aromatic carbocycles. The molecule has 1 aromatic rings. The molecule has 1 aromatic heterocycles. The highest BCUT2D eigenvalue weighted by Crippen LogP contribution is 2.22. The van der Waals surface area contributed by atoms with E-state index in [-0.39, 0.29) is 9.68 Å². The van der Waals surface area contributed by atoms with Crippen LogP contribution in [0.1, 0.15) is 0 Å². The number of carbonyl (C=O) groups is 3. The average molecular weight is 271 g/mol. The van der Waals surface area contributed by atoms with Gasteiger partial charge in [0.1, 0.15) is 6.33 Å². The fraction of sp³-hybridized carbons (Fsp3) is 0. The van der Waals surface area contributed by atoms with Crippen molar-refractivity contribution in [2.45, 2.75) is 0 Å². The Labute approximate surface area is 103 Å². The van der Waals surface area contributed by atoms with Gasteiger partial charge in [0.2, 0.25) is 4.77 Å². The molecule has 17 heavy (non-hydrogen) atoms. The highest BCUT2D eigenvalue weighted by molar-refractivity contribution is 8.18. The Balaban J connectivity index is 2.10. The lowest BCUT2D eigenvalue weighted by atomic mass is 10.4. The van der Waals surface area contributed by atoms with Gasteiger partial charge < -0.3 is 0 Å². The summed E-state index contributed by atoms with van der Waals surface area (Å²) in [6.45, 7) is 0. The number of nitrogens with one attached hydrogen (secondary N) is 3. The van der Waals surface area contributed by atoms with E-state index in [0.29, 0.717) is 11.8 Å². The smallest absolute Gasteiger partial charge is 0.282 e. The first-order valence-corrected chi connectivity index (χ1v) is 5.46. The Morgan fingerprint density at radius 3 is 2.88 bits per heavy atom. The summed E-state index contributed by atoms with van der Waals surface area (Å²) in [5, 5.41) is 7.56. The van der Waals surface area contributed by atoms with E-state index in [4.69, 9.17) is 12.2 Å². The minimum atomic E-state index is -0.592. The highest BCUT2D eigenvalue weighted by Gasteiger charge is 2.25. The molecule has 1 aliphatic heterocycles. The Morgan fingerprint density at radius 1 is 1.59 bits per heavy atom. The molecular weight excluding hydrogens is 266 g/mol. The van der Waals surface area contributed by atoms with Gasteiger partial charge in [-0.25, -0.2) is 4.68 Å². The summed E-state index contributed by atoms with van der Waals surface area (Å²) in [6.07, 6.45) is 2.28. The van der Waals surface area contributed by atoms with Crippen LogP contribution in [-0.4, -0.2) is 31.9 Å². The van der Waals surface area contributed by atoms with Gasteiger partial charge >= 0.3 is 0 Å². The number of hydrogen-bond acceptors (Lipinski definition) is 6. The summed E-state index contributed by atoms with van der Waals surface area (Å²) in [4.78, 5) is 33.5. The standard InChI is InChI=1S/C7H5N5O3S2/c13-4(11-12-2-8-10-6(12)16)1-3-5(14)9-7(15)17-3/h1-2H,(H,10,16)(H,11,13)(H,9,14,15)/b3-1-. The quantitative estimate of drug-likeness (QED) is 0.511. The van der Waals surface area contributed by atoms with E-state index in [9.17, 15) is 14.4 Å². The maximum absolute atomic E-state index is 11.5. The average Bonchev–Trinajstić information content (AvgIpc) is 2.75. The normalized spacial score (nSPS) is 17.3. The molecule has 2 rings (SSSR count). The number of H-pyrrole nitrogens is 1. The van der Waals surface area contributed by atoms with Gasteiger partial charge in [-0.1, -0.05) is 0 Å². The van der Waals surface area contributed by atoms with E-state index in [1.54, 1.807) is 0 Å². The molecule has 0 unspecified atom stereocenters. The molecule has 1 saturated heterocycles. The monoisotopic (exact) mass is 271 g/mol. The van der Waals surface area contributed by atoms with Gasteiger partial charge in [0, 0.05) is 6.08 Å². The Kier molecular flexibility index (Phi) is 3.06. The second kappa shape index (κ2) is 4.51. The number of nitrogens with zero attached hydrogens (tertiary/aromatic N) is 2. The molecule has 88 valence electrons. The molecule has 0 atom stereocenters. The summed E-state index contributed by atoms with van der Waals surface area (Å²) in [7, 11) is 0. The van der Waals surface area contributed by atoms with Crippen molar-refractivity contribution in [2.24, 2.45) is 0 Å². The number of rotatable bonds is 2. The first-order chi connectivity index (χ1) is 8.06. The zero-order chi connectivity index (χ0) is 12.4. The molecule has 2 heterocycles. The van der Waals surface area contributed by atoms with Crippen molar-refractivity contribution >= 4 is 41.0 Å². The number of thioether (sulfide) groups is 1. The first kappa shape index (κ1) is 11.5. The van der Waals surface area contributed by atoms with Crippen LogP contribution in [0.15, 0.2) is 17.3 Å². The van der Waals surface area contributed by atoms with Crippen molar-refractivity contribution in [3.8, 4) is 0 Å². The molecule has 3 amide bonds. The van der Waals surface area contributed by atoms with E-state index in [1.165, 1.54) is 11.0 Å². The first-order valence-electron chi connectivity index (χ1n) is 4.24. The molecule has 3 N–H and O–H groups in total. The van der Waals surface area contributed by atoms with Crippen LogP contribution in [0.3, 0.4) is 0 Å². The van der Waals surface area contributed by atoms with Crippen LogP contribution in [0.4, 0.5) is 4.79 Å². The number of hydrogen-bond donors (Lipinski definition) is 3. The van der Waals surface area contributed by atoms with Gasteiger partial charge in [0.05, 0.1) is 4.91 Å². The predicted molar refractivity (Wildman–Crippen MR) is 61.0 cm³/mol. The van der Waals surface area contributed by atoms with E-state index >= 15 is 0 Å². The van der Waals surface area contributed by atoms with E-state index in [0.717, 1.165) is 6.08 Å². The summed E-state index contributed by atoms with van der Waals surface area (Å²) < 4.78 is 1.38. The van der Waals surface area contributed by atoms with Gasteiger partial charge in [0.15, 0.2) is 0 Å². The molecular formula is C7H5N5O3S2. The SMILES string of the molecule is O=C(/C=C1\SC(=O)NC1=O)Nn1cn[nH]c1=S. The Bertz CT molecular complexity index is 586. The van der Waals surface area contributed by atoms with Crippen LogP contribution in [0.25, 0.3) is 0 Å². The summed E-state index contributed by atoms with van der Waals surface area (Å²) in [5.41, 5.74) is 2.35. The molecule has 10 heteroatoms. The number of carbonyl (C=O) groups excluding carboxylic acids is 3. The zero-order valence-corrected chi connectivity index (χ0v) is 9.72. The minimum Gasteiger partial charge on any atom is -0.282 e. The molecule has 0 radical (unpaired) electrons. The van der Waals surface area contributed by atoms with E-state index in [1.807, 2.05) is 5.32 Å². The van der Waals surface area contributed by atoms with Gasteiger partial charge in [-0.05, 0) is 24.0 Å². The summed E-state index contributed by atoms with van der Waals surface area (Å²) in [5.74, 6) is -1.18. The lowest BCUT2D eigenvalue weighted by Crippen LogP contribution is -2.22. The third-order valence-corrected chi connectivity index (χ3v) is 2.79. The van der Waals surface area contributed by atoms with Crippen LogP contribution in [0.2, 0.25) is 0 Å². The number of amides is 3. The summed E-state index contributed by atoms with van der Waals surface area (Å²) >= 11 is 5.46. The van der Waals surface area contributed by atoms with Crippen LogP contribution in [-0.2, 0) is 9.59 Å². The molecule has 0 bridgehead atoms. The predicted octanol–water partition coefficient (Wildman–Crippen LogP) is -0.122. The van der Waals surface area contributed by atoms with E-state index < -0.39 is 17.1 Å². The van der Waals surface area contributed by atoms with Gasteiger partial charge in [0.25, 0.3) is 17.1 Å². The fourth-order valence-corrected chi connectivity index (χ4v) is 1.82. The second-order valence-electron chi connectivity index (χ2n) is 2.86. The second-order valence-corrected chi connectivity index (χ2v) is 4.26. The molecule has 1 fully saturated rings. The topological polar surface area (TPSA) is 109 Å². The van der Waals surface area contributed by atoms with Crippen molar-refractivity contribution in [1.82, 2.24) is 20.2 Å². The fourth-order valence-electron chi connectivity index (χ4n) is 1.02. The number of aromatic amines is 1. The zero-order valence-electron chi connectivity index (χ0n) is 8.09. The molecule has 1 aliphatic rings. The number of aromatic nitrogens is 3. The van der Waals surface area contributed by atoms with Crippen molar-refractivity contribution in [2.75, 3.05) is 5.43 Å². The Hall–Kier alpha value is -1.94. The minimum absolute atomic E-state index is 0.0301. The highest BCUT2D eigenvalue weighted by atomic mass is 32.2. The molecule has 0 aliphatic carbocycles.